The number of unbranched alkanes of at least 4 members (excludes halogenated alkanes) is 4. The molecule has 0 atom stereocenters. The second-order valence-electron chi connectivity index (χ2n) is 5.11. The van der Waals surface area contributed by atoms with E-state index < -0.39 is 0 Å². The number of Topliss-reactive ketones (excluding diaryl/α,β-unsaturated/α-hetero) is 1. The highest BCUT2D eigenvalue weighted by Gasteiger charge is 2.06. The zero-order valence-electron chi connectivity index (χ0n) is 12.2. The standard InChI is InChI=1S/C15H28O3/c1-4-5-7-11-15(17)18-12-9-6-8-10-14(16)13(2)3/h13H,4-12H2,1-3H3. The van der Waals surface area contributed by atoms with Crippen molar-refractivity contribution < 1.29 is 14.3 Å². The van der Waals surface area contributed by atoms with E-state index in [-0.39, 0.29) is 11.9 Å². The molecule has 0 aliphatic carbocycles. The van der Waals surface area contributed by atoms with Gasteiger partial charge in [0.05, 0.1) is 6.61 Å². The molecule has 0 bridgehead atoms. The summed E-state index contributed by atoms with van der Waals surface area (Å²) in [5.41, 5.74) is 0. The van der Waals surface area contributed by atoms with Crippen LogP contribution in [0.25, 0.3) is 0 Å². The molecule has 3 nitrogen and oxygen atoms in total. The predicted molar refractivity (Wildman–Crippen MR) is 73.4 cm³/mol. The number of hydrogen-bond donors (Lipinski definition) is 0. The average Bonchev–Trinajstić information content (AvgIpc) is 2.33. The van der Waals surface area contributed by atoms with Crippen LogP contribution in [0.3, 0.4) is 0 Å². The molecule has 0 saturated heterocycles. The van der Waals surface area contributed by atoms with E-state index in [1.54, 1.807) is 0 Å². The maximum absolute atomic E-state index is 11.3. The normalized spacial score (nSPS) is 10.7. The van der Waals surface area contributed by atoms with Gasteiger partial charge in [-0.25, -0.2) is 0 Å². The minimum Gasteiger partial charge on any atom is -0.466 e. The molecule has 0 aliphatic heterocycles. The van der Waals surface area contributed by atoms with Crippen LogP contribution in [0.15, 0.2) is 0 Å². The van der Waals surface area contributed by atoms with Crippen LogP contribution in [0.1, 0.15) is 72.1 Å². The van der Waals surface area contributed by atoms with Crippen molar-refractivity contribution in [2.24, 2.45) is 5.92 Å². The molecule has 0 radical (unpaired) electrons. The summed E-state index contributed by atoms with van der Waals surface area (Å²) in [6, 6.07) is 0. The smallest absolute Gasteiger partial charge is 0.305 e. The van der Waals surface area contributed by atoms with E-state index in [0.717, 1.165) is 38.5 Å². The van der Waals surface area contributed by atoms with Gasteiger partial charge in [0.1, 0.15) is 5.78 Å². The number of hydrogen-bond acceptors (Lipinski definition) is 3. The zero-order chi connectivity index (χ0) is 13.8. The Balaban J connectivity index is 3.29. The molecule has 3 heteroatoms. The fraction of sp³-hybridized carbons (Fsp3) is 0.867. The van der Waals surface area contributed by atoms with Crippen molar-refractivity contribution >= 4 is 11.8 Å². The van der Waals surface area contributed by atoms with Crippen molar-refractivity contribution in [1.29, 1.82) is 0 Å². The number of esters is 1. The maximum Gasteiger partial charge on any atom is 0.305 e. The first kappa shape index (κ1) is 17.1. The van der Waals surface area contributed by atoms with Gasteiger partial charge in [-0.1, -0.05) is 33.6 Å². The highest BCUT2D eigenvalue weighted by molar-refractivity contribution is 5.80. The van der Waals surface area contributed by atoms with E-state index in [1.807, 2.05) is 13.8 Å². The van der Waals surface area contributed by atoms with Crippen LogP contribution in [0.5, 0.6) is 0 Å². The highest BCUT2D eigenvalue weighted by Crippen LogP contribution is 2.07. The Morgan fingerprint density at radius 2 is 1.61 bits per heavy atom. The van der Waals surface area contributed by atoms with E-state index in [4.69, 9.17) is 4.74 Å². The summed E-state index contributed by atoms with van der Waals surface area (Å²) in [6.07, 6.45) is 7.07. The molecule has 0 rings (SSSR count). The van der Waals surface area contributed by atoms with Crippen molar-refractivity contribution in [3.8, 4) is 0 Å². The van der Waals surface area contributed by atoms with Gasteiger partial charge in [0, 0.05) is 18.8 Å². The predicted octanol–water partition coefficient (Wildman–Crippen LogP) is 3.90. The van der Waals surface area contributed by atoms with Gasteiger partial charge in [-0.15, -0.1) is 0 Å². The molecular formula is C15H28O3. The molecule has 0 saturated carbocycles. The third-order valence-electron chi connectivity index (χ3n) is 2.96. The SMILES string of the molecule is CCCCCC(=O)OCCCCCC(=O)C(C)C. The third kappa shape index (κ3) is 10.3. The van der Waals surface area contributed by atoms with E-state index >= 15 is 0 Å². The fourth-order valence-electron chi connectivity index (χ4n) is 1.64. The van der Waals surface area contributed by atoms with E-state index in [9.17, 15) is 9.59 Å². The number of rotatable bonds is 11. The van der Waals surface area contributed by atoms with Gasteiger partial charge in [-0.05, 0) is 25.7 Å². The number of ether oxygens (including phenoxy) is 1. The molecule has 0 spiro atoms. The van der Waals surface area contributed by atoms with Crippen LogP contribution in [0.2, 0.25) is 0 Å². The highest BCUT2D eigenvalue weighted by atomic mass is 16.5. The molecule has 0 N–H and O–H groups in total. The Kier molecular flexibility index (Phi) is 10.7. The lowest BCUT2D eigenvalue weighted by atomic mass is 10.0. The van der Waals surface area contributed by atoms with Crippen LogP contribution >= 0.6 is 0 Å². The molecule has 0 amide bonds. The Morgan fingerprint density at radius 1 is 0.944 bits per heavy atom. The molecular weight excluding hydrogens is 228 g/mol. The van der Waals surface area contributed by atoms with Gasteiger partial charge in [-0.2, -0.15) is 0 Å². The van der Waals surface area contributed by atoms with Crippen molar-refractivity contribution in [2.75, 3.05) is 6.61 Å². The van der Waals surface area contributed by atoms with Crippen molar-refractivity contribution in [3.63, 3.8) is 0 Å². The van der Waals surface area contributed by atoms with Crippen LogP contribution < -0.4 is 0 Å². The molecule has 0 aromatic rings. The minimum absolute atomic E-state index is 0.0818. The second kappa shape index (κ2) is 11.2. The van der Waals surface area contributed by atoms with Crippen molar-refractivity contribution in [2.45, 2.75) is 72.1 Å². The zero-order valence-corrected chi connectivity index (χ0v) is 12.2. The van der Waals surface area contributed by atoms with Gasteiger partial charge in [-0.3, -0.25) is 9.59 Å². The fourth-order valence-corrected chi connectivity index (χ4v) is 1.64. The molecule has 0 aliphatic rings. The van der Waals surface area contributed by atoms with E-state index in [2.05, 4.69) is 6.92 Å². The lowest BCUT2D eigenvalue weighted by Gasteiger charge is -2.05. The first-order valence-electron chi connectivity index (χ1n) is 7.26. The first-order chi connectivity index (χ1) is 8.57. The Bertz CT molecular complexity index is 234. The van der Waals surface area contributed by atoms with Crippen LogP contribution in [-0.2, 0) is 14.3 Å². The number of ketones is 1. The van der Waals surface area contributed by atoms with Gasteiger partial charge in [0.2, 0.25) is 0 Å². The summed E-state index contributed by atoms with van der Waals surface area (Å²) in [4.78, 5) is 22.6. The molecule has 106 valence electrons. The van der Waals surface area contributed by atoms with E-state index in [1.165, 1.54) is 0 Å². The summed E-state index contributed by atoms with van der Waals surface area (Å²) < 4.78 is 5.12. The Hall–Kier alpha value is -0.860. The second-order valence-corrected chi connectivity index (χ2v) is 5.11. The summed E-state index contributed by atoms with van der Waals surface area (Å²) in [5.74, 6) is 0.384. The number of carbonyl (C=O) groups is 2. The quantitative estimate of drug-likeness (QED) is 0.416. The van der Waals surface area contributed by atoms with Crippen LogP contribution in [0, 0.1) is 5.92 Å². The molecule has 0 unspecified atom stereocenters. The van der Waals surface area contributed by atoms with Crippen molar-refractivity contribution in [1.82, 2.24) is 0 Å². The topological polar surface area (TPSA) is 43.4 Å². The van der Waals surface area contributed by atoms with Crippen molar-refractivity contribution in [3.05, 3.63) is 0 Å². The third-order valence-corrected chi connectivity index (χ3v) is 2.96. The monoisotopic (exact) mass is 256 g/mol. The summed E-state index contributed by atoms with van der Waals surface area (Å²) in [5, 5.41) is 0. The average molecular weight is 256 g/mol. The molecule has 0 heterocycles. The Morgan fingerprint density at radius 3 is 2.22 bits per heavy atom. The first-order valence-corrected chi connectivity index (χ1v) is 7.26. The minimum atomic E-state index is -0.0818. The lowest BCUT2D eigenvalue weighted by molar-refractivity contribution is -0.144. The largest absolute Gasteiger partial charge is 0.466 e. The molecule has 0 aromatic heterocycles. The van der Waals surface area contributed by atoms with Gasteiger partial charge >= 0.3 is 5.97 Å². The summed E-state index contributed by atoms with van der Waals surface area (Å²) in [7, 11) is 0. The van der Waals surface area contributed by atoms with E-state index in [0.29, 0.717) is 25.2 Å². The molecule has 0 fully saturated rings. The Labute approximate surface area is 111 Å². The van der Waals surface area contributed by atoms with Crippen LogP contribution in [-0.4, -0.2) is 18.4 Å². The van der Waals surface area contributed by atoms with Gasteiger partial charge < -0.3 is 4.74 Å². The summed E-state index contributed by atoms with van der Waals surface area (Å²) in [6.45, 7) is 6.48. The summed E-state index contributed by atoms with van der Waals surface area (Å²) >= 11 is 0. The molecule has 0 aromatic carbocycles. The van der Waals surface area contributed by atoms with Gasteiger partial charge in [0.15, 0.2) is 0 Å². The number of carbonyl (C=O) groups excluding carboxylic acids is 2. The van der Waals surface area contributed by atoms with Crippen LogP contribution in [0.4, 0.5) is 0 Å². The maximum atomic E-state index is 11.3. The lowest BCUT2D eigenvalue weighted by Crippen LogP contribution is -2.07. The molecule has 18 heavy (non-hydrogen) atoms. The van der Waals surface area contributed by atoms with Gasteiger partial charge in [0.25, 0.3) is 0 Å².